The van der Waals surface area contributed by atoms with Crippen molar-refractivity contribution in [2.75, 3.05) is 23.4 Å². The SMILES string of the molecule is Cc1cc(N2CCCC2)c(F)cc1C=NNc1ccccc1. The molecule has 1 saturated heterocycles. The second-order valence-corrected chi connectivity index (χ2v) is 5.59. The van der Waals surface area contributed by atoms with Gasteiger partial charge in [0.25, 0.3) is 0 Å². The molecule has 0 amide bonds. The first-order valence-corrected chi connectivity index (χ1v) is 7.63. The summed E-state index contributed by atoms with van der Waals surface area (Å²) in [7, 11) is 0. The van der Waals surface area contributed by atoms with E-state index < -0.39 is 0 Å². The van der Waals surface area contributed by atoms with Crippen LogP contribution in [0.5, 0.6) is 0 Å². The zero-order valence-electron chi connectivity index (χ0n) is 12.7. The van der Waals surface area contributed by atoms with Crippen molar-refractivity contribution in [2.24, 2.45) is 5.10 Å². The molecule has 4 heteroatoms. The van der Waals surface area contributed by atoms with E-state index in [4.69, 9.17) is 0 Å². The molecule has 1 N–H and O–H groups in total. The zero-order valence-corrected chi connectivity index (χ0v) is 12.7. The van der Waals surface area contributed by atoms with Crippen molar-refractivity contribution in [2.45, 2.75) is 19.8 Å². The fraction of sp³-hybridized carbons (Fsp3) is 0.278. The Kier molecular flexibility index (Phi) is 4.37. The van der Waals surface area contributed by atoms with Gasteiger partial charge >= 0.3 is 0 Å². The van der Waals surface area contributed by atoms with Gasteiger partial charge in [0.15, 0.2) is 0 Å². The molecule has 2 aromatic rings. The quantitative estimate of drug-likeness (QED) is 0.677. The summed E-state index contributed by atoms with van der Waals surface area (Å²) in [5, 5.41) is 4.19. The molecule has 2 aromatic carbocycles. The van der Waals surface area contributed by atoms with Gasteiger partial charge in [-0.15, -0.1) is 0 Å². The lowest BCUT2D eigenvalue weighted by atomic mass is 10.1. The van der Waals surface area contributed by atoms with Gasteiger partial charge in [0.1, 0.15) is 5.82 Å². The Hall–Kier alpha value is -2.36. The molecule has 22 heavy (non-hydrogen) atoms. The molecule has 0 unspecified atom stereocenters. The molecule has 0 aromatic heterocycles. The summed E-state index contributed by atoms with van der Waals surface area (Å²) in [5.74, 6) is -0.173. The molecule has 114 valence electrons. The third-order valence-corrected chi connectivity index (χ3v) is 3.95. The number of hydrogen-bond donors (Lipinski definition) is 1. The number of nitrogens with zero attached hydrogens (tertiary/aromatic N) is 2. The predicted octanol–water partition coefficient (Wildman–Crippen LogP) is 4.18. The zero-order chi connectivity index (χ0) is 15.4. The molecule has 0 saturated carbocycles. The third-order valence-electron chi connectivity index (χ3n) is 3.95. The number of halogens is 1. The van der Waals surface area contributed by atoms with Crippen LogP contribution in [-0.2, 0) is 0 Å². The van der Waals surface area contributed by atoms with Crippen LogP contribution in [0.25, 0.3) is 0 Å². The standard InChI is InChI=1S/C18H20FN3/c1-14-11-18(22-9-5-6-10-22)17(19)12-15(14)13-20-21-16-7-3-2-4-8-16/h2-4,7-8,11-13,21H,5-6,9-10H2,1H3. The number of hydrogen-bond acceptors (Lipinski definition) is 3. The normalized spacial score (nSPS) is 14.7. The van der Waals surface area contributed by atoms with Crippen LogP contribution in [0.2, 0.25) is 0 Å². The van der Waals surface area contributed by atoms with E-state index in [1.165, 1.54) is 0 Å². The summed E-state index contributed by atoms with van der Waals surface area (Å²) >= 11 is 0. The van der Waals surface area contributed by atoms with E-state index in [0.29, 0.717) is 5.69 Å². The Morgan fingerprint density at radius 3 is 2.59 bits per heavy atom. The lowest BCUT2D eigenvalue weighted by Gasteiger charge is -2.19. The van der Waals surface area contributed by atoms with Crippen molar-refractivity contribution in [3.63, 3.8) is 0 Å². The van der Waals surface area contributed by atoms with Gasteiger partial charge in [-0.2, -0.15) is 5.10 Å². The highest BCUT2D eigenvalue weighted by molar-refractivity contribution is 5.83. The van der Waals surface area contributed by atoms with Gasteiger partial charge in [0.2, 0.25) is 0 Å². The van der Waals surface area contributed by atoms with Crippen LogP contribution in [0, 0.1) is 12.7 Å². The van der Waals surface area contributed by atoms with Crippen molar-refractivity contribution >= 4 is 17.6 Å². The molecule has 0 bridgehead atoms. The first-order chi connectivity index (χ1) is 10.7. The molecule has 0 radical (unpaired) electrons. The average molecular weight is 297 g/mol. The number of aryl methyl sites for hydroxylation is 1. The summed E-state index contributed by atoms with van der Waals surface area (Å²) < 4.78 is 14.3. The maximum Gasteiger partial charge on any atom is 0.147 e. The van der Waals surface area contributed by atoms with E-state index in [1.54, 1.807) is 12.3 Å². The van der Waals surface area contributed by atoms with Crippen LogP contribution < -0.4 is 10.3 Å². The highest BCUT2D eigenvalue weighted by atomic mass is 19.1. The fourth-order valence-corrected chi connectivity index (χ4v) is 2.71. The maximum atomic E-state index is 14.3. The van der Waals surface area contributed by atoms with Crippen molar-refractivity contribution in [3.8, 4) is 0 Å². The molecule has 3 rings (SSSR count). The van der Waals surface area contributed by atoms with Crippen LogP contribution in [0.1, 0.15) is 24.0 Å². The Bertz CT molecular complexity index is 662. The van der Waals surface area contributed by atoms with Crippen LogP contribution in [0.4, 0.5) is 15.8 Å². The highest BCUT2D eigenvalue weighted by Crippen LogP contribution is 2.26. The van der Waals surface area contributed by atoms with Gasteiger partial charge in [-0.3, -0.25) is 5.43 Å². The van der Waals surface area contributed by atoms with Crippen LogP contribution in [-0.4, -0.2) is 19.3 Å². The second kappa shape index (κ2) is 6.60. The molecule has 1 aliphatic rings. The molecule has 1 fully saturated rings. The van der Waals surface area contributed by atoms with Gasteiger partial charge in [-0.1, -0.05) is 18.2 Å². The monoisotopic (exact) mass is 297 g/mol. The Balaban J connectivity index is 1.75. The third kappa shape index (κ3) is 3.27. The summed E-state index contributed by atoms with van der Waals surface area (Å²) in [4.78, 5) is 2.12. The van der Waals surface area contributed by atoms with Crippen molar-refractivity contribution in [1.29, 1.82) is 0 Å². The minimum atomic E-state index is -0.173. The van der Waals surface area contributed by atoms with Crippen LogP contribution in [0.3, 0.4) is 0 Å². The predicted molar refractivity (Wildman–Crippen MR) is 90.2 cm³/mol. The van der Waals surface area contributed by atoms with Crippen LogP contribution >= 0.6 is 0 Å². The summed E-state index contributed by atoms with van der Waals surface area (Å²) in [6.45, 7) is 3.88. The average Bonchev–Trinajstić information content (AvgIpc) is 3.05. The van der Waals surface area contributed by atoms with Gasteiger partial charge in [0.05, 0.1) is 17.6 Å². The fourth-order valence-electron chi connectivity index (χ4n) is 2.71. The smallest absolute Gasteiger partial charge is 0.147 e. The van der Waals surface area contributed by atoms with E-state index in [9.17, 15) is 4.39 Å². The largest absolute Gasteiger partial charge is 0.369 e. The highest BCUT2D eigenvalue weighted by Gasteiger charge is 2.17. The molecule has 3 nitrogen and oxygen atoms in total. The number of para-hydroxylation sites is 1. The summed E-state index contributed by atoms with van der Waals surface area (Å²) in [6, 6.07) is 13.2. The number of rotatable bonds is 4. The maximum absolute atomic E-state index is 14.3. The molecule has 1 aliphatic heterocycles. The summed E-state index contributed by atoms with van der Waals surface area (Å²) in [5.41, 5.74) is 6.39. The van der Waals surface area contributed by atoms with Crippen molar-refractivity contribution < 1.29 is 4.39 Å². The van der Waals surface area contributed by atoms with Gasteiger partial charge in [-0.25, -0.2) is 4.39 Å². The molecule has 1 heterocycles. The lowest BCUT2D eigenvalue weighted by Crippen LogP contribution is -2.19. The van der Waals surface area contributed by atoms with Gasteiger partial charge < -0.3 is 4.90 Å². The number of nitrogens with one attached hydrogen (secondary N) is 1. The minimum absolute atomic E-state index is 0.173. The lowest BCUT2D eigenvalue weighted by molar-refractivity contribution is 0.622. The Morgan fingerprint density at radius 1 is 1.14 bits per heavy atom. The minimum Gasteiger partial charge on any atom is -0.369 e. The first kappa shape index (κ1) is 14.6. The Morgan fingerprint density at radius 2 is 1.86 bits per heavy atom. The van der Waals surface area contributed by atoms with E-state index in [0.717, 1.165) is 42.7 Å². The summed E-state index contributed by atoms with van der Waals surface area (Å²) in [6.07, 6.45) is 3.95. The van der Waals surface area contributed by atoms with Crippen LogP contribution in [0.15, 0.2) is 47.6 Å². The Labute approximate surface area is 130 Å². The van der Waals surface area contributed by atoms with E-state index in [1.807, 2.05) is 43.3 Å². The second-order valence-electron chi connectivity index (χ2n) is 5.59. The van der Waals surface area contributed by atoms with E-state index in [-0.39, 0.29) is 5.82 Å². The molecular weight excluding hydrogens is 277 g/mol. The number of anilines is 2. The topological polar surface area (TPSA) is 27.6 Å². The molecule has 0 atom stereocenters. The molecular formula is C18H20FN3. The van der Waals surface area contributed by atoms with E-state index in [2.05, 4.69) is 15.4 Å². The number of benzene rings is 2. The van der Waals surface area contributed by atoms with Gasteiger partial charge in [0, 0.05) is 18.7 Å². The van der Waals surface area contributed by atoms with Gasteiger partial charge in [-0.05, 0) is 49.6 Å². The number of hydrazone groups is 1. The van der Waals surface area contributed by atoms with Crippen molar-refractivity contribution in [1.82, 2.24) is 0 Å². The molecule has 0 spiro atoms. The van der Waals surface area contributed by atoms with Crippen molar-refractivity contribution in [3.05, 3.63) is 59.4 Å². The first-order valence-electron chi connectivity index (χ1n) is 7.63. The molecule has 0 aliphatic carbocycles. The van der Waals surface area contributed by atoms with E-state index >= 15 is 0 Å².